The molecule has 0 aliphatic carbocycles. The third-order valence-corrected chi connectivity index (χ3v) is 5.96. The maximum absolute atomic E-state index is 6.04. The van der Waals surface area contributed by atoms with Crippen LogP contribution >= 0.6 is 0 Å². The highest BCUT2D eigenvalue weighted by Gasteiger charge is 2.18. The van der Waals surface area contributed by atoms with Crippen LogP contribution < -0.4 is 9.13 Å². The van der Waals surface area contributed by atoms with E-state index in [4.69, 9.17) is 9.47 Å². The molecule has 0 saturated heterocycles. The summed E-state index contributed by atoms with van der Waals surface area (Å²) in [6.45, 7) is 10.5. The number of ether oxygens (including phenoxy) is 2. The lowest BCUT2D eigenvalue weighted by molar-refractivity contribution is -0.681. The number of nitrogens with zero attached hydrogens (tertiary/aromatic N) is 4. The van der Waals surface area contributed by atoms with E-state index in [9.17, 15) is 0 Å². The maximum Gasteiger partial charge on any atom is 0.244 e. The Bertz CT molecular complexity index is 1100. The molecule has 1 aliphatic rings. The second kappa shape index (κ2) is 8.20. The monoisotopic (exact) mass is 406 g/mol. The number of benzene rings is 2. The van der Waals surface area contributed by atoms with E-state index in [2.05, 4.69) is 81.2 Å². The summed E-state index contributed by atoms with van der Waals surface area (Å²) in [6.07, 6.45) is 4.40. The zero-order valence-corrected chi connectivity index (χ0v) is 17.9. The molecule has 0 unspecified atom stereocenters. The van der Waals surface area contributed by atoms with Crippen molar-refractivity contribution in [1.29, 1.82) is 0 Å². The summed E-state index contributed by atoms with van der Waals surface area (Å²) in [4.78, 5) is 0. The Hall–Kier alpha value is -2.70. The largest absolute Gasteiger partial charge is 0.373 e. The summed E-state index contributed by atoms with van der Waals surface area (Å²) in [5.74, 6) is 0. The molecule has 1 aliphatic heterocycles. The van der Waals surface area contributed by atoms with Gasteiger partial charge in [-0.05, 0) is 49.2 Å². The number of aromatic nitrogens is 4. The van der Waals surface area contributed by atoms with Gasteiger partial charge >= 0.3 is 0 Å². The third-order valence-electron chi connectivity index (χ3n) is 5.96. The first-order chi connectivity index (χ1) is 14.7. The average Bonchev–Trinajstić information content (AvgIpc) is 3.24. The van der Waals surface area contributed by atoms with E-state index in [-0.39, 0.29) is 0 Å². The summed E-state index contributed by atoms with van der Waals surface area (Å²) in [7, 11) is 0. The van der Waals surface area contributed by atoms with Gasteiger partial charge in [-0.25, -0.2) is 18.3 Å². The Kier molecular flexibility index (Phi) is 5.27. The van der Waals surface area contributed by atoms with Crippen molar-refractivity contribution < 1.29 is 18.6 Å². The van der Waals surface area contributed by atoms with Gasteiger partial charge in [0.1, 0.15) is 26.2 Å². The first-order valence-corrected chi connectivity index (χ1v) is 10.8. The van der Waals surface area contributed by atoms with Gasteiger partial charge in [-0.1, -0.05) is 12.1 Å². The van der Waals surface area contributed by atoms with Crippen LogP contribution in [0.4, 0.5) is 0 Å². The zero-order valence-electron chi connectivity index (χ0n) is 17.9. The molecule has 3 heterocycles. The molecule has 0 atom stereocenters. The van der Waals surface area contributed by atoms with Gasteiger partial charge in [0.25, 0.3) is 0 Å². The van der Waals surface area contributed by atoms with Crippen molar-refractivity contribution in [3.8, 4) is 0 Å². The van der Waals surface area contributed by atoms with Crippen molar-refractivity contribution in [2.24, 2.45) is 0 Å². The Labute approximate surface area is 176 Å². The number of imidazole rings is 2. The molecule has 4 bridgehead atoms. The van der Waals surface area contributed by atoms with Gasteiger partial charge in [0.05, 0.1) is 26.4 Å². The minimum atomic E-state index is 0.701. The molecule has 2 aromatic heterocycles. The molecule has 30 heavy (non-hydrogen) atoms. The van der Waals surface area contributed by atoms with Gasteiger partial charge < -0.3 is 9.47 Å². The van der Waals surface area contributed by atoms with Gasteiger partial charge in [-0.15, -0.1) is 0 Å². The van der Waals surface area contributed by atoms with E-state index < -0.39 is 0 Å². The summed E-state index contributed by atoms with van der Waals surface area (Å²) in [6, 6.07) is 13.3. The predicted molar refractivity (Wildman–Crippen MR) is 115 cm³/mol. The van der Waals surface area contributed by atoms with Crippen molar-refractivity contribution in [3.63, 3.8) is 0 Å². The SMILES string of the molecule is Cc1ccc2c(c1)n1c[n+]2CCOCC[n+]2cn(c3cc(C)ccc32)CCOCC1. The highest BCUT2D eigenvalue weighted by Crippen LogP contribution is 2.15. The lowest BCUT2D eigenvalue weighted by Gasteiger charge is -2.03. The first-order valence-electron chi connectivity index (χ1n) is 10.8. The van der Waals surface area contributed by atoms with E-state index in [0.717, 1.165) is 26.2 Å². The number of aryl methyl sites for hydroxylation is 2. The molecular formula is C24H30N4O2+2. The van der Waals surface area contributed by atoms with Crippen molar-refractivity contribution in [2.45, 2.75) is 40.0 Å². The van der Waals surface area contributed by atoms with Gasteiger partial charge in [0, 0.05) is 0 Å². The Morgan fingerprint density at radius 3 is 1.63 bits per heavy atom. The van der Waals surface area contributed by atoms with Crippen LogP contribution in [0.25, 0.3) is 22.1 Å². The van der Waals surface area contributed by atoms with Crippen LogP contribution in [-0.2, 0) is 35.7 Å². The van der Waals surface area contributed by atoms with Gasteiger partial charge in [-0.3, -0.25) is 0 Å². The van der Waals surface area contributed by atoms with Gasteiger partial charge in [0.2, 0.25) is 12.7 Å². The van der Waals surface area contributed by atoms with Crippen LogP contribution in [-0.4, -0.2) is 35.6 Å². The molecule has 0 fully saturated rings. The fourth-order valence-electron chi connectivity index (χ4n) is 4.37. The topological polar surface area (TPSA) is 36.1 Å². The van der Waals surface area contributed by atoms with Crippen molar-refractivity contribution >= 4 is 22.1 Å². The number of hydrogen-bond acceptors (Lipinski definition) is 2. The standard InChI is InChI=1S/C24H30N4O2/c1-19-3-5-21-23(15-19)27-9-13-30-14-10-28-18-26(8-12-29-11-7-25(21)17-27)22-6-4-20(2)16-24(22)28/h3-6,15-18H,7-14H2,1-2H3/q+2. The summed E-state index contributed by atoms with van der Waals surface area (Å²) in [5.41, 5.74) is 7.57. The van der Waals surface area contributed by atoms with E-state index in [1.807, 2.05) is 0 Å². The molecule has 4 aromatic rings. The Morgan fingerprint density at radius 2 is 1.13 bits per heavy atom. The Balaban J connectivity index is 1.41. The van der Waals surface area contributed by atoms with Crippen molar-refractivity contribution in [2.75, 3.05) is 26.4 Å². The van der Waals surface area contributed by atoms with Crippen molar-refractivity contribution in [1.82, 2.24) is 9.13 Å². The minimum absolute atomic E-state index is 0.701. The van der Waals surface area contributed by atoms with Crippen LogP contribution in [0.5, 0.6) is 0 Å². The molecule has 0 saturated carbocycles. The highest BCUT2D eigenvalue weighted by molar-refractivity contribution is 5.73. The minimum Gasteiger partial charge on any atom is -0.373 e. The molecule has 0 N–H and O–H groups in total. The molecular weight excluding hydrogens is 376 g/mol. The van der Waals surface area contributed by atoms with Crippen LogP contribution in [0.15, 0.2) is 49.1 Å². The second-order valence-corrected chi connectivity index (χ2v) is 8.21. The van der Waals surface area contributed by atoms with Gasteiger partial charge in [-0.2, -0.15) is 0 Å². The van der Waals surface area contributed by atoms with Crippen molar-refractivity contribution in [3.05, 3.63) is 60.2 Å². The fraction of sp³-hybridized carbons (Fsp3) is 0.417. The smallest absolute Gasteiger partial charge is 0.244 e. The van der Waals surface area contributed by atoms with E-state index in [0.29, 0.717) is 26.4 Å². The molecule has 2 aromatic carbocycles. The summed E-state index contributed by atoms with van der Waals surface area (Å²) in [5, 5.41) is 0. The van der Waals surface area contributed by atoms with E-state index in [1.165, 1.54) is 33.2 Å². The third kappa shape index (κ3) is 3.73. The number of rotatable bonds is 0. The second-order valence-electron chi connectivity index (χ2n) is 8.21. The predicted octanol–water partition coefficient (Wildman–Crippen LogP) is 2.53. The number of hydrogen-bond donors (Lipinski definition) is 0. The lowest BCUT2D eigenvalue weighted by Crippen LogP contribution is -2.37. The maximum atomic E-state index is 6.04. The van der Waals surface area contributed by atoms with Crippen LogP contribution in [0.2, 0.25) is 0 Å². The first kappa shape index (κ1) is 19.3. The zero-order chi connectivity index (χ0) is 20.5. The number of fused-ring (bicyclic) bond motifs is 10. The molecule has 0 radical (unpaired) electrons. The molecule has 156 valence electrons. The molecule has 5 rings (SSSR count). The normalized spacial score (nSPS) is 16.3. The molecule has 6 heteroatoms. The quantitative estimate of drug-likeness (QED) is 0.421. The molecule has 0 amide bonds. The molecule has 6 nitrogen and oxygen atoms in total. The summed E-state index contributed by atoms with van der Waals surface area (Å²) >= 11 is 0. The van der Waals surface area contributed by atoms with Crippen LogP contribution in [0, 0.1) is 13.8 Å². The molecule has 0 spiro atoms. The van der Waals surface area contributed by atoms with Gasteiger partial charge in [0.15, 0.2) is 22.1 Å². The average molecular weight is 407 g/mol. The van der Waals surface area contributed by atoms with E-state index in [1.54, 1.807) is 0 Å². The summed E-state index contributed by atoms with van der Waals surface area (Å²) < 4.78 is 21.3. The fourth-order valence-corrected chi connectivity index (χ4v) is 4.37. The van der Waals surface area contributed by atoms with E-state index >= 15 is 0 Å². The lowest BCUT2D eigenvalue weighted by atomic mass is 10.2. The highest BCUT2D eigenvalue weighted by atomic mass is 16.5. The van der Waals surface area contributed by atoms with Crippen LogP contribution in [0.1, 0.15) is 11.1 Å². The van der Waals surface area contributed by atoms with Crippen LogP contribution in [0.3, 0.4) is 0 Å². The Morgan fingerprint density at radius 1 is 0.667 bits per heavy atom.